The zero-order chi connectivity index (χ0) is 10.3. The molecule has 2 nitrogen and oxygen atoms in total. The van der Waals surface area contributed by atoms with E-state index in [1.165, 1.54) is 25.1 Å². The molecule has 0 N–H and O–H groups in total. The van der Waals surface area contributed by atoms with Crippen molar-refractivity contribution in [3.05, 3.63) is 17.6 Å². The number of carbonyl (C=O) groups excluding carboxylic acids is 1. The normalized spacial score (nSPS) is 10.8. The monoisotopic (exact) mass is 402 g/mol. The van der Waals surface area contributed by atoms with E-state index >= 15 is 0 Å². The maximum atomic E-state index is 11.3. The summed E-state index contributed by atoms with van der Waals surface area (Å²) in [6.07, 6.45) is 0. The Morgan fingerprint density at radius 1 is 1.50 bits per heavy atom. The molecule has 0 unspecified atom stereocenters. The van der Waals surface area contributed by atoms with Gasteiger partial charge in [0, 0.05) is 0 Å². The summed E-state index contributed by atoms with van der Waals surface area (Å²) >= 11 is 8.83. The van der Waals surface area contributed by atoms with Crippen molar-refractivity contribution in [2.24, 2.45) is 0 Å². The number of carbonyl (C=O) groups is 1. The van der Waals surface area contributed by atoms with Crippen LogP contribution in [0.2, 0.25) is 0 Å². The van der Waals surface area contributed by atoms with Crippen LogP contribution in [0.25, 0.3) is 10.1 Å². The van der Waals surface area contributed by atoms with Crippen molar-refractivity contribution in [3.63, 3.8) is 0 Å². The van der Waals surface area contributed by atoms with Gasteiger partial charge in [-0.1, -0.05) is 0 Å². The van der Waals surface area contributed by atoms with Crippen LogP contribution in [0.1, 0.15) is 9.67 Å². The van der Waals surface area contributed by atoms with Gasteiger partial charge in [0.2, 0.25) is 0 Å². The second-order valence-electron chi connectivity index (χ2n) is 2.49. The van der Waals surface area contributed by atoms with Crippen LogP contribution in [-0.4, -0.2) is 27.6 Å². The molecule has 2 aromatic rings. The second kappa shape index (κ2) is 4.10. The van der Waals surface area contributed by atoms with E-state index < -0.39 is 0 Å². The molecule has 2 aromatic heterocycles. The minimum absolute atomic E-state index is 0.266. The summed E-state index contributed by atoms with van der Waals surface area (Å²) < 4.78 is 8.19. The fourth-order valence-corrected chi connectivity index (χ4v) is 7.64. The van der Waals surface area contributed by atoms with Gasteiger partial charge in [-0.3, -0.25) is 0 Å². The van der Waals surface area contributed by atoms with Gasteiger partial charge < -0.3 is 0 Å². The van der Waals surface area contributed by atoms with E-state index in [-0.39, 0.29) is 5.97 Å². The molecule has 2 rings (SSSR count). The van der Waals surface area contributed by atoms with Crippen LogP contribution in [0.4, 0.5) is 0 Å². The first-order chi connectivity index (χ1) is 6.63. The number of thiophene rings is 1. The van der Waals surface area contributed by atoms with Crippen LogP contribution in [0, 0.1) is 0 Å². The van der Waals surface area contributed by atoms with Gasteiger partial charge in [-0.05, 0) is 0 Å². The number of rotatable bonds is 1. The van der Waals surface area contributed by atoms with Gasteiger partial charge >= 0.3 is 108 Å². The number of hydrogen-bond acceptors (Lipinski definition) is 3. The van der Waals surface area contributed by atoms with Gasteiger partial charge in [-0.2, -0.15) is 0 Å². The standard InChI is InChI=1S/C8H4Br2O2SSe/c1-12-8(11)4-2-3-5(13-4)7(10)14-6(3)9/h2H,1H3. The SMILES string of the molecule is COC(=O)c1cc2c(Br)[se]c(Br)c2s1. The number of methoxy groups -OCH3 is 1. The Labute approximate surface area is 107 Å². The Kier molecular flexibility index (Phi) is 3.19. The molecule has 6 heteroatoms. The summed E-state index contributed by atoms with van der Waals surface area (Å²) in [7, 11) is 1.40. The Hall–Kier alpha value is 0.389. The van der Waals surface area contributed by atoms with Crippen molar-refractivity contribution < 1.29 is 9.53 Å². The van der Waals surface area contributed by atoms with Gasteiger partial charge in [-0.15, -0.1) is 0 Å². The van der Waals surface area contributed by atoms with E-state index in [0.717, 1.165) is 10.1 Å². The molecule has 14 heavy (non-hydrogen) atoms. The third kappa shape index (κ3) is 1.74. The van der Waals surface area contributed by atoms with E-state index in [9.17, 15) is 4.79 Å². The van der Waals surface area contributed by atoms with Crippen LogP contribution in [0.15, 0.2) is 12.8 Å². The first-order valence-corrected chi connectivity index (χ1v) is 7.70. The summed E-state index contributed by atoms with van der Waals surface area (Å²) in [5.41, 5.74) is 0. The van der Waals surface area contributed by atoms with Crippen LogP contribution in [-0.2, 0) is 4.74 Å². The predicted molar refractivity (Wildman–Crippen MR) is 65.5 cm³/mol. The molecule has 0 amide bonds. The average Bonchev–Trinajstić information content (AvgIpc) is 2.69. The van der Waals surface area contributed by atoms with Gasteiger partial charge in [-0.25, -0.2) is 0 Å². The minimum atomic E-state index is -0.266. The molecular weight excluding hydrogens is 399 g/mol. The van der Waals surface area contributed by atoms with Gasteiger partial charge in [0.05, 0.1) is 0 Å². The second-order valence-corrected chi connectivity index (χ2v) is 9.64. The zero-order valence-electron chi connectivity index (χ0n) is 6.97. The molecule has 0 aliphatic heterocycles. The fourth-order valence-electron chi connectivity index (χ4n) is 1.06. The van der Waals surface area contributed by atoms with E-state index in [4.69, 9.17) is 0 Å². The van der Waals surface area contributed by atoms with Crippen LogP contribution in [0.3, 0.4) is 0 Å². The topological polar surface area (TPSA) is 26.3 Å². The van der Waals surface area contributed by atoms with E-state index in [0.29, 0.717) is 19.4 Å². The van der Waals surface area contributed by atoms with Gasteiger partial charge in [0.1, 0.15) is 0 Å². The van der Waals surface area contributed by atoms with Crippen molar-refractivity contribution in [1.29, 1.82) is 0 Å². The number of halogens is 2. The first-order valence-electron chi connectivity index (χ1n) is 3.59. The molecule has 0 radical (unpaired) electrons. The fraction of sp³-hybridized carbons (Fsp3) is 0.125. The summed E-state index contributed by atoms with van der Waals surface area (Å²) in [6, 6.07) is 1.88. The molecule has 0 fully saturated rings. The Morgan fingerprint density at radius 3 is 2.79 bits per heavy atom. The van der Waals surface area contributed by atoms with E-state index in [1.54, 1.807) is 0 Å². The van der Waals surface area contributed by atoms with Crippen molar-refractivity contribution in [1.82, 2.24) is 0 Å². The third-order valence-corrected chi connectivity index (χ3v) is 7.52. The van der Waals surface area contributed by atoms with Crippen molar-refractivity contribution in [2.45, 2.75) is 0 Å². The quantitative estimate of drug-likeness (QED) is 0.540. The van der Waals surface area contributed by atoms with Crippen molar-refractivity contribution >= 4 is 73.8 Å². The molecule has 0 aliphatic carbocycles. The van der Waals surface area contributed by atoms with Crippen molar-refractivity contribution in [3.8, 4) is 0 Å². The number of esters is 1. The van der Waals surface area contributed by atoms with Crippen LogP contribution >= 0.6 is 43.2 Å². The zero-order valence-corrected chi connectivity index (χ0v) is 12.7. The molecular formula is C8H4Br2O2SSe. The third-order valence-electron chi connectivity index (χ3n) is 1.69. The predicted octanol–water partition coefficient (Wildman–Crippen LogP) is 3.27. The molecule has 0 saturated heterocycles. The average molecular weight is 403 g/mol. The molecule has 0 saturated carbocycles. The Balaban J connectivity index is 2.63. The first kappa shape index (κ1) is 10.9. The van der Waals surface area contributed by atoms with Crippen LogP contribution in [0.5, 0.6) is 0 Å². The molecule has 0 atom stereocenters. The number of ether oxygens (including phenoxy) is 1. The molecule has 0 bridgehead atoms. The van der Waals surface area contributed by atoms with Gasteiger partial charge in [0.15, 0.2) is 0 Å². The van der Waals surface area contributed by atoms with E-state index in [1.807, 2.05) is 6.07 Å². The van der Waals surface area contributed by atoms with Gasteiger partial charge in [0.25, 0.3) is 0 Å². The summed E-state index contributed by atoms with van der Waals surface area (Å²) in [5.74, 6) is -0.266. The summed E-state index contributed by atoms with van der Waals surface area (Å²) in [6.45, 7) is 0. The Morgan fingerprint density at radius 2 is 2.21 bits per heavy atom. The van der Waals surface area contributed by atoms with Crippen LogP contribution < -0.4 is 0 Å². The molecule has 0 aromatic carbocycles. The molecule has 74 valence electrons. The summed E-state index contributed by atoms with van der Waals surface area (Å²) in [5, 5.41) is 1.13. The Bertz CT molecular complexity index is 468. The molecule has 2 heterocycles. The molecule has 0 aliphatic rings. The van der Waals surface area contributed by atoms with Crippen molar-refractivity contribution in [2.75, 3.05) is 7.11 Å². The summed E-state index contributed by atoms with van der Waals surface area (Å²) in [4.78, 5) is 11.9. The number of fused-ring (bicyclic) bond motifs is 1. The maximum absolute atomic E-state index is 11.3. The molecule has 0 spiro atoms. The van der Waals surface area contributed by atoms with E-state index in [2.05, 4.69) is 36.6 Å². The number of hydrogen-bond donors (Lipinski definition) is 0.